The molecule has 0 spiro atoms. The molecule has 5 N–H and O–H groups in total. The number of nitrogens with one attached hydrogen (secondary N) is 5. The maximum absolute atomic E-state index is 12.0. The average Bonchev–Trinajstić information content (AvgIpc) is 3.32. The normalized spacial score (nSPS) is 38.1. The highest BCUT2D eigenvalue weighted by Crippen LogP contribution is 2.42. The Kier molecular flexibility index (Phi) is 9.06. The SMILES string of the molecule is C=CCN1C[C@H](C)N([C@H](C2CCC(C3NNNN3)CC2)C2CCCC(NS(C)(=O)=O)C2)C[C@H]1C. The molecule has 2 saturated carbocycles. The maximum atomic E-state index is 12.0. The molecule has 10 heteroatoms. The van der Waals surface area contributed by atoms with E-state index < -0.39 is 10.0 Å². The maximum Gasteiger partial charge on any atom is 0.208 e. The highest BCUT2D eigenvalue weighted by molar-refractivity contribution is 7.88. The van der Waals surface area contributed by atoms with Gasteiger partial charge in [0, 0.05) is 43.8 Å². The van der Waals surface area contributed by atoms with E-state index >= 15 is 0 Å². The molecule has 4 fully saturated rings. The summed E-state index contributed by atoms with van der Waals surface area (Å²) in [4.78, 5) is 5.37. The lowest BCUT2D eigenvalue weighted by molar-refractivity contribution is -0.0376. The van der Waals surface area contributed by atoms with Gasteiger partial charge in [0.25, 0.3) is 0 Å². The molecule has 5 atom stereocenters. The van der Waals surface area contributed by atoms with Crippen LogP contribution in [0.4, 0.5) is 0 Å². The molecule has 0 amide bonds. The average molecular weight is 498 g/mol. The Balaban J connectivity index is 1.50. The third-order valence-electron chi connectivity index (χ3n) is 8.78. The van der Waals surface area contributed by atoms with Crippen LogP contribution in [0, 0.1) is 17.8 Å². The molecule has 2 aliphatic heterocycles. The standard InChI is InChI=1S/C24H47N7O2S/c1-5-13-30-15-18(3)31(16-17(30)2)23(21-7-6-8-22(14-21)27-34(4,32)33)19-9-11-20(12-10-19)24-25-28-29-26-24/h5,17-29H,1,6-16H2,2-4H3/t17-,18+,19?,20?,21?,22?,23-/m1/s1. The Morgan fingerprint density at radius 2 is 1.71 bits per heavy atom. The van der Waals surface area contributed by atoms with Crippen LogP contribution in [-0.2, 0) is 10.0 Å². The van der Waals surface area contributed by atoms with Crippen molar-refractivity contribution in [1.29, 1.82) is 0 Å². The summed E-state index contributed by atoms with van der Waals surface area (Å²) in [5, 5.41) is 0. The second-order valence-electron chi connectivity index (χ2n) is 11.3. The fraction of sp³-hybridized carbons (Fsp3) is 0.917. The molecule has 0 aromatic carbocycles. The van der Waals surface area contributed by atoms with Crippen LogP contribution in [0.2, 0.25) is 0 Å². The summed E-state index contributed by atoms with van der Waals surface area (Å²) in [6.45, 7) is 11.8. The topological polar surface area (TPSA) is 101 Å². The Morgan fingerprint density at radius 1 is 1.00 bits per heavy atom. The first kappa shape index (κ1) is 26.5. The molecular formula is C24H47N7O2S. The van der Waals surface area contributed by atoms with Crippen molar-refractivity contribution >= 4 is 10.0 Å². The molecule has 9 nitrogen and oxygen atoms in total. The van der Waals surface area contributed by atoms with Crippen molar-refractivity contribution in [2.75, 3.05) is 25.9 Å². The third-order valence-corrected chi connectivity index (χ3v) is 9.54. The van der Waals surface area contributed by atoms with Gasteiger partial charge in [-0.25, -0.2) is 24.0 Å². The molecule has 2 heterocycles. The number of sulfonamides is 1. The molecule has 34 heavy (non-hydrogen) atoms. The van der Waals surface area contributed by atoms with Gasteiger partial charge in [-0.3, -0.25) is 9.80 Å². The smallest absolute Gasteiger partial charge is 0.208 e. The first-order valence-electron chi connectivity index (χ1n) is 13.3. The van der Waals surface area contributed by atoms with Crippen molar-refractivity contribution < 1.29 is 8.42 Å². The second kappa shape index (κ2) is 11.6. The van der Waals surface area contributed by atoms with Crippen LogP contribution in [-0.4, -0.2) is 74.4 Å². The molecular weight excluding hydrogens is 450 g/mol. The number of hydrazine groups is 3. The molecule has 0 radical (unpaired) electrons. The van der Waals surface area contributed by atoms with Crippen LogP contribution in [0.25, 0.3) is 0 Å². The summed E-state index contributed by atoms with van der Waals surface area (Å²) in [5.41, 5.74) is 12.5. The van der Waals surface area contributed by atoms with Gasteiger partial charge in [0.1, 0.15) is 0 Å². The summed E-state index contributed by atoms with van der Waals surface area (Å²) in [7, 11) is -3.18. The summed E-state index contributed by atoms with van der Waals surface area (Å²) in [6.07, 6.45) is 12.7. The number of nitrogens with zero attached hydrogens (tertiary/aromatic N) is 2. The molecule has 2 unspecified atom stereocenters. The number of hydrogen-bond donors (Lipinski definition) is 5. The Labute approximate surface area is 206 Å². The minimum absolute atomic E-state index is 0.0754. The Hall–Kier alpha value is -0.590. The molecule has 196 valence electrons. The fourth-order valence-corrected chi connectivity index (χ4v) is 8.07. The van der Waals surface area contributed by atoms with E-state index in [2.05, 4.69) is 56.9 Å². The number of hydrogen-bond acceptors (Lipinski definition) is 8. The van der Waals surface area contributed by atoms with Crippen molar-refractivity contribution in [2.45, 2.75) is 95.5 Å². The number of piperazine rings is 1. The van der Waals surface area contributed by atoms with Crippen molar-refractivity contribution in [3.8, 4) is 0 Å². The van der Waals surface area contributed by atoms with Gasteiger partial charge < -0.3 is 0 Å². The Bertz CT molecular complexity index is 767. The highest BCUT2D eigenvalue weighted by atomic mass is 32.2. The lowest BCUT2D eigenvalue weighted by Crippen LogP contribution is -2.62. The zero-order valence-electron chi connectivity index (χ0n) is 21.3. The van der Waals surface area contributed by atoms with E-state index in [1.165, 1.54) is 38.4 Å². The van der Waals surface area contributed by atoms with Gasteiger partial charge in [0.05, 0.1) is 12.4 Å². The van der Waals surface area contributed by atoms with Crippen LogP contribution in [0.5, 0.6) is 0 Å². The van der Waals surface area contributed by atoms with Crippen molar-refractivity contribution in [1.82, 2.24) is 36.4 Å². The summed E-state index contributed by atoms with van der Waals surface area (Å²) in [6, 6.07) is 1.60. The molecule has 4 aliphatic rings. The third kappa shape index (κ3) is 6.59. The minimum Gasteiger partial charge on any atom is -0.294 e. The monoisotopic (exact) mass is 497 g/mol. The second-order valence-corrected chi connectivity index (χ2v) is 13.1. The van der Waals surface area contributed by atoms with Gasteiger partial charge in [-0.1, -0.05) is 12.5 Å². The minimum atomic E-state index is -3.18. The van der Waals surface area contributed by atoms with Gasteiger partial charge >= 0.3 is 0 Å². The molecule has 0 bridgehead atoms. The van der Waals surface area contributed by atoms with E-state index in [1.807, 2.05) is 6.08 Å². The van der Waals surface area contributed by atoms with Crippen LogP contribution in [0.3, 0.4) is 0 Å². The summed E-state index contributed by atoms with van der Waals surface area (Å²) in [5.74, 6) is 1.83. The van der Waals surface area contributed by atoms with Crippen LogP contribution in [0.1, 0.15) is 65.2 Å². The van der Waals surface area contributed by atoms with Crippen molar-refractivity contribution in [2.24, 2.45) is 17.8 Å². The van der Waals surface area contributed by atoms with Crippen molar-refractivity contribution in [3.63, 3.8) is 0 Å². The quantitative estimate of drug-likeness (QED) is 0.320. The molecule has 0 aromatic rings. The zero-order valence-corrected chi connectivity index (χ0v) is 22.1. The van der Waals surface area contributed by atoms with E-state index in [4.69, 9.17) is 0 Å². The predicted octanol–water partition coefficient (Wildman–Crippen LogP) is 1.29. The molecule has 2 aliphatic carbocycles. The lowest BCUT2D eigenvalue weighted by Gasteiger charge is -2.53. The Morgan fingerprint density at radius 3 is 2.35 bits per heavy atom. The number of rotatable bonds is 8. The molecule has 0 aromatic heterocycles. The predicted molar refractivity (Wildman–Crippen MR) is 137 cm³/mol. The van der Waals surface area contributed by atoms with Gasteiger partial charge in [0.2, 0.25) is 10.0 Å². The van der Waals surface area contributed by atoms with Gasteiger partial charge in [-0.05, 0) is 76.5 Å². The highest BCUT2D eigenvalue weighted by Gasteiger charge is 2.43. The molecule has 4 rings (SSSR count). The van der Waals surface area contributed by atoms with Crippen LogP contribution < -0.4 is 26.6 Å². The molecule has 2 saturated heterocycles. The first-order valence-corrected chi connectivity index (χ1v) is 15.2. The first-order chi connectivity index (χ1) is 16.2. The fourth-order valence-electron chi connectivity index (χ4n) is 7.25. The van der Waals surface area contributed by atoms with E-state index in [-0.39, 0.29) is 12.2 Å². The van der Waals surface area contributed by atoms with E-state index in [0.29, 0.717) is 35.9 Å². The largest absolute Gasteiger partial charge is 0.294 e. The zero-order chi connectivity index (χ0) is 24.3. The van der Waals surface area contributed by atoms with Crippen LogP contribution in [0.15, 0.2) is 12.7 Å². The van der Waals surface area contributed by atoms with Crippen molar-refractivity contribution in [3.05, 3.63) is 12.7 Å². The van der Waals surface area contributed by atoms with Gasteiger partial charge in [0.15, 0.2) is 0 Å². The van der Waals surface area contributed by atoms with E-state index in [0.717, 1.165) is 38.9 Å². The van der Waals surface area contributed by atoms with Gasteiger partial charge in [-0.15, -0.1) is 6.58 Å². The van der Waals surface area contributed by atoms with Crippen LogP contribution >= 0.6 is 0 Å². The summed E-state index contributed by atoms with van der Waals surface area (Å²) >= 11 is 0. The van der Waals surface area contributed by atoms with Gasteiger partial charge in [-0.2, -0.15) is 11.1 Å². The lowest BCUT2D eigenvalue weighted by atomic mass is 9.69. The van der Waals surface area contributed by atoms with E-state index in [9.17, 15) is 8.42 Å². The summed E-state index contributed by atoms with van der Waals surface area (Å²) < 4.78 is 26.9. The van der Waals surface area contributed by atoms with E-state index in [1.54, 1.807) is 0 Å².